The number of nitrogens with zero attached hydrogens (tertiary/aromatic N) is 2. The van der Waals surface area contributed by atoms with E-state index in [2.05, 4.69) is 38.1 Å². The van der Waals surface area contributed by atoms with E-state index >= 15 is 0 Å². The summed E-state index contributed by atoms with van der Waals surface area (Å²) in [6.45, 7) is 8.02. The first-order valence-electron chi connectivity index (χ1n) is 5.11. The molecule has 0 bridgehead atoms. The summed E-state index contributed by atoms with van der Waals surface area (Å²) in [6, 6.07) is 8.57. The van der Waals surface area contributed by atoms with Crippen LogP contribution in [0.25, 0.3) is 0 Å². The lowest BCUT2D eigenvalue weighted by Crippen LogP contribution is -2.39. The van der Waals surface area contributed by atoms with E-state index in [4.69, 9.17) is 5.26 Å². The smallest absolute Gasteiger partial charge is 0.121 e. The summed E-state index contributed by atoms with van der Waals surface area (Å²) in [7, 11) is 1.95. The zero-order valence-electron chi connectivity index (χ0n) is 10.1. The van der Waals surface area contributed by atoms with Crippen molar-refractivity contribution < 1.29 is 0 Å². The van der Waals surface area contributed by atoms with Crippen molar-refractivity contribution in [1.29, 1.82) is 5.26 Å². The maximum atomic E-state index is 9.06. The van der Waals surface area contributed by atoms with E-state index in [0.29, 0.717) is 0 Å². The monoisotopic (exact) mass is 202 g/mol. The van der Waals surface area contributed by atoms with E-state index in [-0.39, 0.29) is 0 Å². The Labute approximate surface area is 92.1 Å². The number of hydrogen-bond acceptors (Lipinski definition) is 2. The molecule has 0 N–H and O–H groups in total. The van der Waals surface area contributed by atoms with Gasteiger partial charge in [0.1, 0.15) is 5.54 Å². The lowest BCUT2D eigenvalue weighted by Gasteiger charge is -2.31. The second-order valence-corrected chi connectivity index (χ2v) is 4.50. The summed E-state index contributed by atoms with van der Waals surface area (Å²) in [4.78, 5) is 2.00. The first-order valence-corrected chi connectivity index (χ1v) is 5.11. The Balaban J connectivity index is 3.08. The third kappa shape index (κ3) is 2.30. The Morgan fingerprint density at radius 3 is 2.27 bits per heavy atom. The molecule has 0 atom stereocenters. The third-order valence-electron chi connectivity index (χ3n) is 2.99. The predicted octanol–water partition coefficient (Wildman–Crippen LogP) is 3.04. The minimum absolute atomic E-state index is 0.471. The molecule has 2 nitrogen and oxygen atoms in total. The number of nitriles is 1. The fourth-order valence-electron chi connectivity index (χ4n) is 1.33. The molecule has 0 fully saturated rings. The van der Waals surface area contributed by atoms with E-state index in [1.54, 1.807) is 0 Å². The molecule has 0 unspecified atom stereocenters. The van der Waals surface area contributed by atoms with Crippen LogP contribution < -0.4 is 4.90 Å². The zero-order valence-corrected chi connectivity index (χ0v) is 10.1. The van der Waals surface area contributed by atoms with Crippen LogP contribution in [-0.2, 0) is 0 Å². The van der Waals surface area contributed by atoms with E-state index < -0.39 is 5.54 Å². The second kappa shape index (κ2) is 3.94. The number of benzene rings is 1. The minimum atomic E-state index is -0.471. The van der Waals surface area contributed by atoms with Crippen molar-refractivity contribution in [2.45, 2.75) is 33.2 Å². The molecule has 0 aromatic heterocycles. The van der Waals surface area contributed by atoms with E-state index in [1.165, 1.54) is 11.1 Å². The van der Waals surface area contributed by atoms with Gasteiger partial charge in [0, 0.05) is 12.7 Å². The highest BCUT2D eigenvalue weighted by atomic mass is 15.2. The molecule has 1 rings (SSSR count). The van der Waals surface area contributed by atoms with Crippen molar-refractivity contribution in [2.24, 2.45) is 0 Å². The Morgan fingerprint density at radius 2 is 1.80 bits per heavy atom. The minimum Gasteiger partial charge on any atom is -0.357 e. The highest BCUT2D eigenvalue weighted by Crippen LogP contribution is 2.23. The van der Waals surface area contributed by atoms with Crippen molar-refractivity contribution in [2.75, 3.05) is 11.9 Å². The summed E-state index contributed by atoms with van der Waals surface area (Å²) in [6.07, 6.45) is 0. The summed E-state index contributed by atoms with van der Waals surface area (Å²) in [5.41, 5.74) is 3.15. The van der Waals surface area contributed by atoms with Gasteiger partial charge < -0.3 is 4.90 Å². The van der Waals surface area contributed by atoms with Crippen molar-refractivity contribution in [3.63, 3.8) is 0 Å². The summed E-state index contributed by atoms with van der Waals surface area (Å²) >= 11 is 0. The molecule has 0 aliphatic carbocycles. The lowest BCUT2D eigenvalue weighted by atomic mass is 10.0. The van der Waals surface area contributed by atoms with E-state index in [1.807, 2.05) is 25.8 Å². The number of anilines is 1. The molecule has 0 heterocycles. The van der Waals surface area contributed by atoms with Crippen molar-refractivity contribution in [3.05, 3.63) is 29.3 Å². The van der Waals surface area contributed by atoms with Crippen LogP contribution >= 0.6 is 0 Å². The Morgan fingerprint density at radius 1 is 1.20 bits per heavy atom. The van der Waals surface area contributed by atoms with Gasteiger partial charge in [-0.25, -0.2) is 0 Å². The average molecular weight is 202 g/mol. The number of rotatable bonds is 2. The molecule has 0 saturated carbocycles. The predicted molar refractivity (Wildman–Crippen MR) is 64.0 cm³/mol. The first-order chi connectivity index (χ1) is 6.88. The number of hydrogen-bond donors (Lipinski definition) is 0. The summed E-state index contributed by atoms with van der Waals surface area (Å²) in [5.74, 6) is 0. The van der Waals surface area contributed by atoms with Crippen LogP contribution in [-0.4, -0.2) is 12.6 Å². The summed E-state index contributed by atoms with van der Waals surface area (Å²) < 4.78 is 0. The molecule has 1 aromatic rings. The van der Waals surface area contributed by atoms with Crippen LogP contribution in [0.15, 0.2) is 18.2 Å². The molecule has 80 valence electrons. The van der Waals surface area contributed by atoms with Crippen LogP contribution in [0.4, 0.5) is 5.69 Å². The van der Waals surface area contributed by atoms with Crippen molar-refractivity contribution in [3.8, 4) is 6.07 Å². The number of aryl methyl sites for hydroxylation is 2. The van der Waals surface area contributed by atoms with Gasteiger partial charge in [0.15, 0.2) is 0 Å². The van der Waals surface area contributed by atoms with Gasteiger partial charge in [0.05, 0.1) is 6.07 Å². The standard InChI is InChI=1S/C13H18N2/c1-10-6-7-12(8-11(10)2)15(5)13(3,4)9-14/h6-8H,1-5H3. The van der Waals surface area contributed by atoms with Gasteiger partial charge >= 0.3 is 0 Å². The van der Waals surface area contributed by atoms with Crippen LogP contribution in [0.2, 0.25) is 0 Å². The summed E-state index contributed by atoms with van der Waals surface area (Å²) in [5, 5.41) is 9.06. The second-order valence-electron chi connectivity index (χ2n) is 4.50. The Hall–Kier alpha value is -1.49. The molecule has 2 heteroatoms. The van der Waals surface area contributed by atoms with Gasteiger partial charge in [-0.05, 0) is 51.0 Å². The largest absolute Gasteiger partial charge is 0.357 e. The molecule has 0 radical (unpaired) electrons. The molecular weight excluding hydrogens is 184 g/mol. The normalized spacial score (nSPS) is 10.9. The van der Waals surface area contributed by atoms with Gasteiger partial charge in [-0.15, -0.1) is 0 Å². The highest BCUT2D eigenvalue weighted by molar-refractivity contribution is 5.53. The Bertz CT molecular complexity index is 399. The highest BCUT2D eigenvalue weighted by Gasteiger charge is 2.23. The average Bonchev–Trinajstić information content (AvgIpc) is 2.21. The molecule has 15 heavy (non-hydrogen) atoms. The lowest BCUT2D eigenvalue weighted by molar-refractivity contribution is 0.617. The molecule has 1 aromatic carbocycles. The van der Waals surface area contributed by atoms with E-state index in [9.17, 15) is 0 Å². The maximum Gasteiger partial charge on any atom is 0.121 e. The third-order valence-corrected chi connectivity index (χ3v) is 2.99. The zero-order chi connectivity index (χ0) is 11.6. The topological polar surface area (TPSA) is 27.0 Å². The van der Waals surface area contributed by atoms with Crippen molar-refractivity contribution in [1.82, 2.24) is 0 Å². The van der Waals surface area contributed by atoms with Gasteiger partial charge in [0.25, 0.3) is 0 Å². The van der Waals surface area contributed by atoms with Gasteiger partial charge in [-0.2, -0.15) is 5.26 Å². The SMILES string of the molecule is Cc1ccc(N(C)C(C)(C)C#N)cc1C. The Kier molecular flexibility index (Phi) is 3.04. The van der Waals surface area contributed by atoms with Gasteiger partial charge in [0.2, 0.25) is 0 Å². The van der Waals surface area contributed by atoms with Crippen LogP contribution in [0, 0.1) is 25.2 Å². The van der Waals surface area contributed by atoms with E-state index in [0.717, 1.165) is 5.69 Å². The molecule has 0 saturated heterocycles. The van der Waals surface area contributed by atoms with Crippen LogP contribution in [0.5, 0.6) is 0 Å². The van der Waals surface area contributed by atoms with Crippen LogP contribution in [0.1, 0.15) is 25.0 Å². The molecule has 0 aliphatic rings. The maximum absolute atomic E-state index is 9.06. The quantitative estimate of drug-likeness (QED) is 0.737. The van der Waals surface area contributed by atoms with Gasteiger partial charge in [-0.3, -0.25) is 0 Å². The van der Waals surface area contributed by atoms with Crippen molar-refractivity contribution >= 4 is 5.69 Å². The first kappa shape index (κ1) is 11.6. The molecule has 0 amide bonds. The van der Waals surface area contributed by atoms with Crippen LogP contribution in [0.3, 0.4) is 0 Å². The fraction of sp³-hybridized carbons (Fsp3) is 0.462. The molecule has 0 spiro atoms. The fourth-order valence-corrected chi connectivity index (χ4v) is 1.33. The molecule has 0 aliphatic heterocycles. The van der Waals surface area contributed by atoms with Gasteiger partial charge in [-0.1, -0.05) is 6.07 Å². The molecular formula is C13H18N2.